The molecule has 1 aliphatic heterocycles. The molecule has 0 aromatic carbocycles. The van der Waals surface area contributed by atoms with Crippen LogP contribution in [0.5, 0.6) is 0 Å². The second kappa shape index (κ2) is 11.3. The van der Waals surface area contributed by atoms with Crippen LogP contribution in [0.15, 0.2) is 18.0 Å². The molecule has 4 fully saturated rings. The number of anilines is 1. The molecule has 1 aromatic heterocycles. The molecule has 3 saturated carbocycles. The van der Waals surface area contributed by atoms with E-state index in [0.717, 1.165) is 38.5 Å². The van der Waals surface area contributed by atoms with Gasteiger partial charge in [-0.2, -0.15) is 0 Å². The van der Waals surface area contributed by atoms with Crippen LogP contribution in [0.25, 0.3) is 0 Å². The third-order valence-corrected chi connectivity index (χ3v) is 15.8. The first-order valence-corrected chi connectivity index (χ1v) is 18.4. The van der Waals surface area contributed by atoms with Gasteiger partial charge in [-0.3, -0.25) is 4.79 Å². The largest absolute Gasteiger partial charge is 0.481 e. The lowest BCUT2D eigenvalue weighted by Gasteiger charge is -2.71. The minimum atomic E-state index is -0.635. The van der Waals surface area contributed by atoms with Gasteiger partial charge in [-0.1, -0.05) is 74.0 Å². The lowest BCUT2D eigenvalue weighted by atomic mass is 9.34. The maximum atomic E-state index is 13.5. The summed E-state index contributed by atoms with van der Waals surface area (Å²) in [5.41, 5.74) is 12.6. The van der Waals surface area contributed by atoms with Crippen molar-refractivity contribution in [2.75, 3.05) is 25.6 Å². The summed E-state index contributed by atoms with van der Waals surface area (Å²) in [6.45, 7) is 24.3. The van der Waals surface area contributed by atoms with Gasteiger partial charge in [0, 0.05) is 11.0 Å². The topological polar surface area (TPSA) is 139 Å². The maximum absolute atomic E-state index is 13.5. The van der Waals surface area contributed by atoms with Crippen molar-refractivity contribution in [2.45, 2.75) is 125 Å². The number of aromatic nitrogens is 3. The molecule has 5 N–H and O–H groups in total. The molecule has 47 heavy (non-hydrogen) atoms. The smallest absolute Gasteiger partial charge is 0.307 e. The summed E-state index contributed by atoms with van der Waals surface area (Å²) in [5, 5.41) is 15.8. The van der Waals surface area contributed by atoms with Crippen molar-refractivity contribution >= 4 is 11.9 Å². The quantitative estimate of drug-likeness (QED) is 0.262. The molecule has 1 saturated heterocycles. The van der Waals surface area contributed by atoms with Gasteiger partial charge in [0.05, 0.1) is 37.9 Å². The lowest BCUT2D eigenvalue weighted by Crippen LogP contribution is -2.70. The Labute approximate surface area is 283 Å². The Hall–Kier alpha value is -1.97. The monoisotopic (exact) mass is 653 g/mol. The molecule has 264 valence electrons. The average molecular weight is 654 g/mol. The third-order valence-electron chi connectivity index (χ3n) is 15.8. The normalized spacial score (nSPS) is 45.0. The molecule has 9 heteroatoms. The molecule has 0 amide bonds. The van der Waals surface area contributed by atoms with Gasteiger partial charge < -0.3 is 26.0 Å². The summed E-state index contributed by atoms with van der Waals surface area (Å²) in [6, 6.07) is -0.0815. The zero-order valence-electron chi connectivity index (χ0n) is 30.8. The van der Waals surface area contributed by atoms with Crippen LogP contribution >= 0.6 is 0 Å². The highest BCUT2D eigenvalue weighted by Crippen LogP contribution is 2.75. The number of rotatable bonds is 8. The van der Waals surface area contributed by atoms with E-state index in [1.54, 1.807) is 6.33 Å². The van der Waals surface area contributed by atoms with Gasteiger partial charge >= 0.3 is 5.97 Å². The van der Waals surface area contributed by atoms with Crippen molar-refractivity contribution in [3.63, 3.8) is 0 Å². The second-order valence-corrected chi connectivity index (χ2v) is 18.6. The Kier molecular flexibility index (Phi) is 8.37. The highest BCUT2D eigenvalue weighted by molar-refractivity contribution is 5.73. The van der Waals surface area contributed by atoms with Gasteiger partial charge in [0.1, 0.15) is 6.33 Å². The Bertz CT molecular complexity index is 1410. The minimum Gasteiger partial charge on any atom is -0.481 e. The van der Waals surface area contributed by atoms with Crippen LogP contribution in [0.3, 0.4) is 0 Å². The Morgan fingerprint density at radius 3 is 2.43 bits per heavy atom. The molecule has 6 rings (SSSR count). The van der Waals surface area contributed by atoms with Gasteiger partial charge in [0.15, 0.2) is 0 Å². The molecule has 5 aliphatic rings. The molecular formula is C38H63N5O4. The van der Waals surface area contributed by atoms with Crippen LogP contribution in [0.2, 0.25) is 0 Å². The maximum Gasteiger partial charge on any atom is 0.307 e. The van der Waals surface area contributed by atoms with Gasteiger partial charge in [-0.15, -0.1) is 5.10 Å². The highest BCUT2D eigenvalue weighted by Gasteiger charge is 2.72. The summed E-state index contributed by atoms with van der Waals surface area (Å²) in [6.07, 6.45) is 9.68. The highest BCUT2D eigenvalue weighted by atomic mass is 16.5. The van der Waals surface area contributed by atoms with Gasteiger partial charge in [-0.05, 0) is 96.7 Å². The number of hydrogen-bond donors (Lipinski definition) is 3. The number of carboxylic acid groups (broad SMARTS) is 1. The first-order chi connectivity index (χ1) is 21.8. The average Bonchev–Trinajstić information content (AvgIpc) is 3.42. The molecule has 0 radical (unpaired) electrons. The number of allylic oxidation sites excluding steroid dienone is 1. The van der Waals surface area contributed by atoms with Gasteiger partial charge in [0.2, 0.25) is 5.95 Å². The van der Waals surface area contributed by atoms with Crippen LogP contribution in [0.4, 0.5) is 5.95 Å². The molecule has 2 bridgehead atoms. The van der Waals surface area contributed by atoms with Crippen LogP contribution in [0, 0.1) is 62.6 Å². The molecule has 0 spiro atoms. The number of carboxylic acids is 1. The number of nitrogen functional groups attached to an aromatic ring is 1. The first-order valence-electron chi connectivity index (χ1n) is 18.4. The SMILES string of the molecule is CC(C)[C@@H](C)[C@@]1(C)CC[C@]2(C)[C@H]3CC[C@@H]4[C@@]5(C)COC[C@@]4(C3=CC[C@@]2(C)[C@@H]1C(=O)O)[C@@H](OC[C@](C)(N)C(C)C)[C@H](n1cnc(N)n1)C5. The number of nitrogens with zero attached hydrogens (tertiary/aromatic N) is 3. The van der Waals surface area contributed by atoms with Crippen molar-refractivity contribution in [1.82, 2.24) is 14.8 Å². The number of nitrogens with two attached hydrogens (primary N) is 2. The standard InChI is InChI=1S/C38H63N5O4/c1-22(2)24(5)34(7)15-16-35(8)25-11-12-28-33(6)17-27(43-21-41-32(39)42-43)30(47-19-37(10,40)23(3)4)38(28,20-46-18-33)26(25)13-14-36(35,9)29(34)31(44)45/h13,21-25,27-30H,11-12,14-20,40H2,1-10H3,(H2,39,42)(H,44,45)/t24-,25+,27-,28-,29-,30+,33-,34-,35-,36+,37+,38+/m1/s1. The third kappa shape index (κ3) is 4.82. The van der Waals surface area contributed by atoms with Crippen molar-refractivity contribution in [1.29, 1.82) is 0 Å². The van der Waals surface area contributed by atoms with E-state index < -0.39 is 17.4 Å². The molecule has 4 aliphatic carbocycles. The Balaban J connectivity index is 1.51. The van der Waals surface area contributed by atoms with Crippen LogP contribution in [-0.2, 0) is 14.3 Å². The van der Waals surface area contributed by atoms with E-state index in [2.05, 4.69) is 85.4 Å². The van der Waals surface area contributed by atoms with E-state index in [0.29, 0.717) is 37.6 Å². The zero-order chi connectivity index (χ0) is 34.5. The van der Waals surface area contributed by atoms with E-state index in [1.165, 1.54) is 5.57 Å². The van der Waals surface area contributed by atoms with E-state index in [-0.39, 0.29) is 57.0 Å². The molecule has 1 aromatic rings. The van der Waals surface area contributed by atoms with E-state index in [1.807, 2.05) is 4.68 Å². The van der Waals surface area contributed by atoms with Crippen molar-refractivity contribution in [3.8, 4) is 0 Å². The predicted octanol–water partition coefficient (Wildman–Crippen LogP) is 6.75. The predicted molar refractivity (Wildman–Crippen MR) is 184 cm³/mol. The van der Waals surface area contributed by atoms with E-state index in [4.69, 9.17) is 20.9 Å². The minimum absolute atomic E-state index is 0.0809. The first kappa shape index (κ1) is 34.9. The van der Waals surface area contributed by atoms with Gasteiger partial charge in [-0.25, -0.2) is 9.67 Å². The number of hydrogen-bond acceptors (Lipinski definition) is 7. The number of ether oxygens (including phenoxy) is 2. The fraction of sp³-hybridized carbons (Fsp3) is 0.868. The lowest BCUT2D eigenvalue weighted by molar-refractivity contribution is -0.254. The van der Waals surface area contributed by atoms with Crippen molar-refractivity contribution in [3.05, 3.63) is 18.0 Å². The molecule has 12 atom stereocenters. The number of aliphatic carboxylic acids is 1. The number of carbonyl (C=O) groups is 1. The Morgan fingerprint density at radius 2 is 1.83 bits per heavy atom. The van der Waals surface area contributed by atoms with E-state index in [9.17, 15) is 9.90 Å². The summed E-state index contributed by atoms with van der Waals surface area (Å²) >= 11 is 0. The second-order valence-electron chi connectivity index (χ2n) is 18.6. The van der Waals surface area contributed by atoms with E-state index >= 15 is 0 Å². The van der Waals surface area contributed by atoms with Crippen molar-refractivity contribution in [2.24, 2.45) is 68.3 Å². The van der Waals surface area contributed by atoms with Gasteiger partial charge in [0.25, 0.3) is 0 Å². The summed E-state index contributed by atoms with van der Waals surface area (Å²) in [5.74, 6) is 0.762. The molecule has 2 heterocycles. The van der Waals surface area contributed by atoms with Crippen LogP contribution in [-0.4, -0.2) is 57.3 Å². The molecule has 0 unspecified atom stereocenters. The zero-order valence-corrected chi connectivity index (χ0v) is 30.8. The fourth-order valence-corrected chi connectivity index (χ4v) is 12.0. The van der Waals surface area contributed by atoms with Crippen LogP contribution < -0.4 is 11.5 Å². The molecular weight excluding hydrogens is 590 g/mol. The number of fused-ring (bicyclic) bond motifs is 3. The summed E-state index contributed by atoms with van der Waals surface area (Å²) in [4.78, 5) is 17.8. The molecule has 9 nitrogen and oxygen atoms in total. The Morgan fingerprint density at radius 1 is 1.13 bits per heavy atom. The van der Waals surface area contributed by atoms with Crippen molar-refractivity contribution < 1.29 is 19.4 Å². The summed E-state index contributed by atoms with van der Waals surface area (Å²) in [7, 11) is 0. The summed E-state index contributed by atoms with van der Waals surface area (Å²) < 4.78 is 15.8. The fourth-order valence-electron chi connectivity index (χ4n) is 12.0. The van der Waals surface area contributed by atoms with Crippen LogP contribution in [0.1, 0.15) is 114 Å².